The topological polar surface area (TPSA) is 42.7 Å². The van der Waals surface area contributed by atoms with Crippen LogP contribution in [0.1, 0.15) is 34.3 Å². The highest BCUT2D eigenvalue weighted by atomic mass is 15.3. The molecule has 1 atom stereocenters. The minimum atomic E-state index is 0.0661. The molecule has 0 radical (unpaired) electrons. The lowest BCUT2D eigenvalue weighted by atomic mass is 10.0. The molecule has 0 aliphatic heterocycles. The van der Waals surface area contributed by atoms with Crippen LogP contribution in [-0.2, 0) is 13.6 Å². The van der Waals surface area contributed by atoms with E-state index in [0.29, 0.717) is 0 Å². The Hall–Kier alpha value is -2.46. The Morgan fingerprint density at radius 3 is 2.39 bits per heavy atom. The van der Waals surface area contributed by atoms with E-state index in [1.807, 2.05) is 36.1 Å². The quantitative estimate of drug-likeness (QED) is 0.786. The lowest BCUT2D eigenvalue weighted by molar-refractivity contribution is 0.588. The average Bonchev–Trinajstić information content (AvgIpc) is 2.83. The van der Waals surface area contributed by atoms with E-state index < -0.39 is 0 Å². The van der Waals surface area contributed by atoms with Gasteiger partial charge in [0.2, 0.25) is 0 Å². The van der Waals surface area contributed by atoms with Gasteiger partial charge in [0, 0.05) is 31.0 Å². The van der Waals surface area contributed by atoms with Crippen molar-refractivity contribution in [3.8, 4) is 0 Å². The molecular formula is C19H22N4. The third-order valence-electron chi connectivity index (χ3n) is 4.26. The zero-order chi connectivity index (χ0) is 16.2. The Balaban J connectivity index is 1.88. The second-order valence-electron chi connectivity index (χ2n) is 5.75. The molecule has 4 nitrogen and oxygen atoms in total. The zero-order valence-electron chi connectivity index (χ0n) is 13.8. The highest BCUT2D eigenvalue weighted by molar-refractivity contribution is 5.29. The van der Waals surface area contributed by atoms with E-state index in [9.17, 15) is 0 Å². The number of aryl methyl sites for hydroxylation is 2. The first kappa shape index (κ1) is 15.4. The van der Waals surface area contributed by atoms with Crippen molar-refractivity contribution < 1.29 is 0 Å². The molecule has 0 fully saturated rings. The maximum absolute atomic E-state index is 4.53. The van der Waals surface area contributed by atoms with Gasteiger partial charge in [0.1, 0.15) is 0 Å². The summed E-state index contributed by atoms with van der Waals surface area (Å²) in [5.41, 5.74) is 5.76. The third kappa shape index (κ3) is 3.32. The van der Waals surface area contributed by atoms with Gasteiger partial charge in [-0.3, -0.25) is 9.67 Å². The summed E-state index contributed by atoms with van der Waals surface area (Å²) in [6.07, 6.45) is 1.84. The minimum absolute atomic E-state index is 0.0661. The normalized spacial score (nSPS) is 12.3. The van der Waals surface area contributed by atoms with Crippen molar-refractivity contribution in [1.82, 2.24) is 20.1 Å². The Bertz CT molecular complexity index is 723. The van der Waals surface area contributed by atoms with E-state index >= 15 is 0 Å². The number of pyridine rings is 1. The maximum Gasteiger partial charge on any atom is 0.0754 e. The number of rotatable bonds is 5. The van der Waals surface area contributed by atoms with Crippen LogP contribution in [0.2, 0.25) is 0 Å². The number of hydrogen-bond acceptors (Lipinski definition) is 3. The SMILES string of the molecule is Cc1nn(C)c(C)c1CN[C@@H](c1ccccc1)c1ccccn1. The fraction of sp³-hybridized carbons (Fsp3) is 0.263. The van der Waals surface area contributed by atoms with Crippen molar-refractivity contribution in [1.29, 1.82) is 0 Å². The molecule has 3 rings (SSSR count). The molecule has 1 aromatic carbocycles. The summed E-state index contributed by atoms with van der Waals surface area (Å²) in [4.78, 5) is 4.53. The van der Waals surface area contributed by atoms with Gasteiger partial charge in [-0.25, -0.2) is 0 Å². The van der Waals surface area contributed by atoms with Gasteiger partial charge >= 0.3 is 0 Å². The van der Waals surface area contributed by atoms with E-state index in [4.69, 9.17) is 0 Å². The zero-order valence-corrected chi connectivity index (χ0v) is 13.8. The first-order valence-electron chi connectivity index (χ1n) is 7.85. The molecule has 23 heavy (non-hydrogen) atoms. The molecule has 2 heterocycles. The van der Waals surface area contributed by atoms with Crippen LogP contribution in [0.15, 0.2) is 54.7 Å². The van der Waals surface area contributed by atoms with Crippen molar-refractivity contribution >= 4 is 0 Å². The van der Waals surface area contributed by atoms with Gasteiger partial charge in [0.25, 0.3) is 0 Å². The van der Waals surface area contributed by atoms with E-state index in [0.717, 1.165) is 17.9 Å². The molecule has 0 unspecified atom stereocenters. The van der Waals surface area contributed by atoms with E-state index in [1.165, 1.54) is 16.8 Å². The monoisotopic (exact) mass is 306 g/mol. The summed E-state index contributed by atoms with van der Waals surface area (Å²) >= 11 is 0. The summed E-state index contributed by atoms with van der Waals surface area (Å²) in [5.74, 6) is 0. The Kier molecular flexibility index (Phi) is 4.53. The third-order valence-corrected chi connectivity index (χ3v) is 4.26. The lowest BCUT2D eigenvalue weighted by Crippen LogP contribution is -2.23. The highest BCUT2D eigenvalue weighted by Crippen LogP contribution is 2.21. The number of nitrogens with zero attached hydrogens (tertiary/aromatic N) is 3. The van der Waals surface area contributed by atoms with Gasteiger partial charge in [-0.2, -0.15) is 5.10 Å². The molecule has 0 aliphatic carbocycles. The molecule has 2 aromatic heterocycles. The van der Waals surface area contributed by atoms with Gasteiger partial charge in [-0.05, 0) is 31.5 Å². The van der Waals surface area contributed by atoms with Crippen LogP contribution in [0.3, 0.4) is 0 Å². The molecule has 0 saturated heterocycles. The lowest BCUT2D eigenvalue weighted by Gasteiger charge is -2.19. The second kappa shape index (κ2) is 6.75. The number of aromatic nitrogens is 3. The molecule has 0 saturated carbocycles. The molecule has 3 aromatic rings. The molecule has 0 aliphatic rings. The molecule has 0 spiro atoms. The summed E-state index contributed by atoms with van der Waals surface area (Å²) in [7, 11) is 1.99. The summed E-state index contributed by atoms with van der Waals surface area (Å²) in [6, 6.07) is 16.5. The van der Waals surface area contributed by atoms with Crippen LogP contribution in [0, 0.1) is 13.8 Å². The van der Waals surface area contributed by atoms with Crippen molar-refractivity contribution in [3.05, 3.63) is 82.9 Å². The maximum atomic E-state index is 4.53. The van der Waals surface area contributed by atoms with E-state index in [1.54, 1.807) is 0 Å². The molecule has 4 heteroatoms. The molecule has 0 amide bonds. The van der Waals surface area contributed by atoms with Crippen LogP contribution < -0.4 is 5.32 Å². The van der Waals surface area contributed by atoms with Gasteiger partial charge in [0.05, 0.1) is 17.4 Å². The van der Waals surface area contributed by atoms with Crippen LogP contribution in [-0.4, -0.2) is 14.8 Å². The van der Waals surface area contributed by atoms with Gasteiger partial charge in [-0.1, -0.05) is 36.4 Å². The summed E-state index contributed by atoms with van der Waals surface area (Å²) in [5, 5.41) is 8.14. The first-order valence-corrected chi connectivity index (χ1v) is 7.85. The predicted molar refractivity (Wildman–Crippen MR) is 92.0 cm³/mol. The summed E-state index contributed by atoms with van der Waals surface area (Å²) < 4.78 is 1.94. The van der Waals surface area contributed by atoms with Crippen LogP contribution in [0.5, 0.6) is 0 Å². The molecule has 1 N–H and O–H groups in total. The van der Waals surface area contributed by atoms with Crippen molar-refractivity contribution in [2.75, 3.05) is 0 Å². The standard InChI is InChI=1S/C19H22N4/c1-14-17(15(2)23(3)22-14)13-21-19(16-9-5-4-6-10-16)18-11-7-8-12-20-18/h4-12,19,21H,13H2,1-3H3/t19-/m0/s1. The van der Waals surface area contributed by atoms with Crippen molar-refractivity contribution in [3.63, 3.8) is 0 Å². The van der Waals surface area contributed by atoms with Gasteiger partial charge in [0.15, 0.2) is 0 Å². The fourth-order valence-electron chi connectivity index (χ4n) is 2.86. The molecule has 118 valence electrons. The van der Waals surface area contributed by atoms with Crippen LogP contribution in [0.4, 0.5) is 0 Å². The Morgan fingerprint density at radius 1 is 1.04 bits per heavy atom. The Labute approximate surface area is 137 Å². The Morgan fingerprint density at radius 2 is 1.78 bits per heavy atom. The fourth-order valence-corrected chi connectivity index (χ4v) is 2.86. The van der Waals surface area contributed by atoms with E-state index in [2.05, 4.69) is 59.6 Å². The molecule has 0 bridgehead atoms. The van der Waals surface area contributed by atoms with Crippen LogP contribution in [0.25, 0.3) is 0 Å². The number of benzene rings is 1. The minimum Gasteiger partial charge on any atom is -0.301 e. The number of hydrogen-bond donors (Lipinski definition) is 1. The van der Waals surface area contributed by atoms with E-state index in [-0.39, 0.29) is 6.04 Å². The average molecular weight is 306 g/mol. The summed E-state index contributed by atoms with van der Waals surface area (Å²) in [6.45, 7) is 4.93. The van der Waals surface area contributed by atoms with Crippen molar-refractivity contribution in [2.24, 2.45) is 7.05 Å². The van der Waals surface area contributed by atoms with Crippen LogP contribution >= 0.6 is 0 Å². The highest BCUT2D eigenvalue weighted by Gasteiger charge is 2.16. The molecular weight excluding hydrogens is 284 g/mol. The van der Waals surface area contributed by atoms with Gasteiger partial charge in [-0.15, -0.1) is 0 Å². The van der Waals surface area contributed by atoms with Crippen molar-refractivity contribution in [2.45, 2.75) is 26.4 Å². The number of nitrogens with one attached hydrogen (secondary N) is 1. The second-order valence-corrected chi connectivity index (χ2v) is 5.75. The van der Waals surface area contributed by atoms with Gasteiger partial charge < -0.3 is 5.32 Å². The largest absolute Gasteiger partial charge is 0.301 e. The smallest absolute Gasteiger partial charge is 0.0754 e. The first-order chi connectivity index (χ1) is 11.2. The predicted octanol–water partition coefficient (Wildman–Crippen LogP) is 3.31.